The van der Waals surface area contributed by atoms with Gasteiger partial charge in [0.2, 0.25) is 0 Å². The number of hydrogen-bond donors (Lipinski definition) is 1. The molecule has 6 nitrogen and oxygen atoms in total. The average Bonchev–Trinajstić information content (AvgIpc) is 2.95. The van der Waals surface area contributed by atoms with Gasteiger partial charge in [0.25, 0.3) is 5.91 Å². The Morgan fingerprint density at radius 1 is 1.48 bits per heavy atom. The van der Waals surface area contributed by atoms with E-state index in [2.05, 4.69) is 16.3 Å². The van der Waals surface area contributed by atoms with Gasteiger partial charge in [0, 0.05) is 19.0 Å². The molecule has 1 aromatic carbocycles. The Bertz CT molecular complexity index is 743. The van der Waals surface area contributed by atoms with E-state index in [1.165, 1.54) is 0 Å². The number of nitrogens with zero attached hydrogens (tertiary/aromatic N) is 3. The quantitative estimate of drug-likeness (QED) is 0.914. The predicted molar refractivity (Wildman–Crippen MR) is 83.5 cm³/mol. The van der Waals surface area contributed by atoms with Gasteiger partial charge < -0.3 is 9.64 Å². The molecule has 0 saturated carbocycles. The fraction of sp³-hybridized carbons (Fsp3) is 0.353. The molecule has 1 aliphatic heterocycles. The van der Waals surface area contributed by atoms with Crippen molar-refractivity contribution in [2.24, 2.45) is 5.92 Å². The number of H-pyrrole nitrogens is 1. The highest BCUT2D eigenvalue weighted by molar-refractivity contribution is 5.92. The smallest absolute Gasteiger partial charge is 0.272 e. The number of aryl methyl sites for hydroxylation is 1. The highest BCUT2D eigenvalue weighted by atomic mass is 16.5. The lowest BCUT2D eigenvalue weighted by atomic mass is 10.0. The summed E-state index contributed by atoms with van der Waals surface area (Å²) in [6.07, 6.45) is 0. The van der Waals surface area contributed by atoms with Crippen molar-refractivity contribution < 1.29 is 9.53 Å². The number of benzene rings is 1. The summed E-state index contributed by atoms with van der Waals surface area (Å²) in [7, 11) is 0. The molecule has 1 aromatic heterocycles. The van der Waals surface area contributed by atoms with E-state index in [0.29, 0.717) is 43.5 Å². The highest BCUT2D eigenvalue weighted by Gasteiger charge is 2.26. The maximum absolute atomic E-state index is 12.8. The van der Waals surface area contributed by atoms with Crippen molar-refractivity contribution in [3.63, 3.8) is 0 Å². The first-order chi connectivity index (χ1) is 11.2. The van der Waals surface area contributed by atoms with Crippen LogP contribution in [0.1, 0.15) is 27.3 Å². The minimum Gasteiger partial charge on any atom is -0.381 e. The summed E-state index contributed by atoms with van der Waals surface area (Å²) in [5.41, 5.74) is 2.69. The van der Waals surface area contributed by atoms with Crippen molar-refractivity contribution in [2.75, 3.05) is 19.8 Å². The lowest BCUT2D eigenvalue weighted by molar-refractivity contribution is -0.0442. The number of aromatic nitrogens is 2. The normalized spacial score (nSPS) is 14.1. The number of carbonyl (C=O) groups is 1. The number of carbonyl (C=O) groups excluding carboxylic acids is 1. The Kier molecular flexibility index (Phi) is 4.40. The Morgan fingerprint density at radius 2 is 2.26 bits per heavy atom. The second-order valence-electron chi connectivity index (χ2n) is 5.78. The van der Waals surface area contributed by atoms with Gasteiger partial charge in [0.05, 0.1) is 30.5 Å². The van der Waals surface area contributed by atoms with Crippen LogP contribution in [0.3, 0.4) is 0 Å². The van der Waals surface area contributed by atoms with Crippen LogP contribution in [0, 0.1) is 24.2 Å². The van der Waals surface area contributed by atoms with Crippen LogP contribution in [0.2, 0.25) is 0 Å². The molecule has 1 N–H and O–H groups in total. The second kappa shape index (κ2) is 6.63. The zero-order chi connectivity index (χ0) is 16.2. The fourth-order valence-corrected chi connectivity index (χ4v) is 2.60. The molecule has 0 aliphatic carbocycles. The first-order valence-corrected chi connectivity index (χ1v) is 7.54. The third-order valence-electron chi connectivity index (χ3n) is 3.91. The van der Waals surface area contributed by atoms with E-state index < -0.39 is 0 Å². The highest BCUT2D eigenvalue weighted by Crippen LogP contribution is 2.18. The van der Waals surface area contributed by atoms with Gasteiger partial charge in [-0.1, -0.05) is 18.2 Å². The van der Waals surface area contributed by atoms with Crippen LogP contribution in [0.5, 0.6) is 0 Å². The summed E-state index contributed by atoms with van der Waals surface area (Å²) in [6, 6.07) is 11.3. The first-order valence-electron chi connectivity index (χ1n) is 7.54. The van der Waals surface area contributed by atoms with Gasteiger partial charge in [-0.15, -0.1) is 0 Å². The van der Waals surface area contributed by atoms with Gasteiger partial charge in [-0.2, -0.15) is 10.4 Å². The molecule has 1 aliphatic rings. The van der Waals surface area contributed by atoms with Crippen LogP contribution in [0.15, 0.2) is 30.3 Å². The van der Waals surface area contributed by atoms with E-state index in [9.17, 15) is 10.1 Å². The van der Waals surface area contributed by atoms with Crippen LogP contribution < -0.4 is 0 Å². The van der Waals surface area contributed by atoms with Gasteiger partial charge in [-0.05, 0) is 24.6 Å². The number of aromatic amines is 1. The molecule has 3 rings (SSSR count). The van der Waals surface area contributed by atoms with E-state index in [1.54, 1.807) is 17.0 Å². The summed E-state index contributed by atoms with van der Waals surface area (Å²) >= 11 is 0. The Hall–Kier alpha value is -2.65. The predicted octanol–water partition coefficient (Wildman–Crippen LogP) is 1.88. The van der Waals surface area contributed by atoms with Crippen molar-refractivity contribution in [3.05, 3.63) is 52.8 Å². The van der Waals surface area contributed by atoms with Crippen molar-refractivity contribution in [1.82, 2.24) is 15.1 Å². The number of rotatable bonds is 5. The number of hydrogen-bond acceptors (Lipinski definition) is 4. The first kappa shape index (κ1) is 15.3. The minimum absolute atomic E-state index is 0.106. The molecular weight excluding hydrogens is 292 g/mol. The zero-order valence-corrected chi connectivity index (χ0v) is 13.0. The van der Waals surface area contributed by atoms with Gasteiger partial charge in [0.1, 0.15) is 5.69 Å². The molecule has 0 radical (unpaired) electrons. The molecule has 1 amide bonds. The molecule has 0 spiro atoms. The van der Waals surface area contributed by atoms with Crippen LogP contribution in [0.4, 0.5) is 0 Å². The maximum Gasteiger partial charge on any atom is 0.272 e. The topological polar surface area (TPSA) is 82.0 Å². The van der Waals surface area contributed by atoms with Crippen molar-refractivity contribution in [2.45, 2.75) is 13.5 Å². The number of nitrogens with one attached hydrogen (secondary N) is 1. The summed E-state index contributed by atoms with van der Waals surface area (Å²) in [5.74, 6) is 0.238. The lowest BCUT2D eigenvalue weighted by Crippen LogP contribution is -2.42. The largest absolute Gasteiger partial charge is 0.381 e. The Morgan fingerprint density at radius 3 is 2.87 bits per heavy atom. The third-order valence-corrected chi connectivity index (χ3v) is 3.91. The standard InChI is InChI=1S/C17H18N4O2/c1-12-6-16(20-19-12)17(22)21(8-13-10-23-11-13)9-15-5-3-2-4-14(15)7-18/h2-6,13H,8-11H2,1H3,(H,19,20). The summed E-state index contributed by atoms with van der Waals surface area (Å²) < 4.78 is 5.21. The monoisotopic (exact) mass is 310 g/mol. The van der Waals surface area contributed by atoms with Gasteiger partial charge in [-0.25, -0.2) is 0 Å². The van der Waals surface area contributed by atoms with Crippen LogP contribution >= 0.6 is 0 Å². The maximum atomic E-state index is 12.8. The third kappa shape index (κ3) is 3.41. The molecular formula is C17H18N4O2. The fourth-order valence-electron chi connectivity index (χ4n) is 2.60. The van der Waals surface area contributed by atoms with Crippen LogP contribution in [0.25, 0.3) is 0 Å². The van der Waals surface area contributed by atoms with E-state index in [0.717, 1.165) is 11.3 Å². The number of ether oxygens (including phenoxy) is 1. The van der Waals surface area contributed by atoms with Crippen LogP contribution in [-0.2, 0) is 11.3 Å². The van der Waals surface area contributed by atoms with E-state index in [-0.39, 0.29) is 5.91 Å². The summed E-state index contributed by atoms with van der Waals surface area (Å²) in [5, 5.41) is 16.0. The van der Waals surface area contributed by atoms with Gasteiger partial charge >= 0.3 is 0 Å². The second-order valence-corrected chi connectivity index (χ2v) is 5.78. The van der Waals surface area contributed by atoms with Gasteiger partial charge in [-0.3, -0.25) is 9.89 Å². The summed E-state index contributed by atoms with van der Waals surface area (Å²) in [4.78, 5) is 14.5. The van der Waals surface area contributed by atoms with Crippen molar-refractivity contribution >= 4 is 5.91 Å². The molecule has 23 heavy (non-hydrogen) atoms. The SMILES string of the molecule is Cc1cc(C(=O)N(Cc2ccccc2C#N)CC2COC2)[nH]n1. The van der Waals surface area contributed by atoms with E-state index >= 15 is 0 Å². The molecule has 2 aromatic rings. The zero-order valence-electron chi connectivity index (χ0n) is 13.0. The van der Waals surface area contributed by atoms with Gasteiger partial charge in [0.15, 0.2) is 0 Å². The number of amides is 1. The molecule has 6 heteroatoms. The molecule has 1 saturated heterocycles. The molecule has 1 fully saturated rings. The van der Waals surface area contributed by atoms with Crippen molar-refractivity contribution in [3.8, 4) is 6.07 Å². The lowest BCUT2D eigenvalue weighted by Gasteiger charge is -2.32. The van der Waals surface area contributed by atoms with Crippen LogP contribution in [-0.4, -0.2) is 40.8 Å². The molecule has 2 heterocycles. The minimum atomic E-state index is -0.106. The Labute approximate surface area is 134 Å². The van der Waals surface area contributed by atoms with E-state index in [4.69, 9.17) is 4.74 Å². The van der Waals surface area contributed by atoms with E-state index in [1.807, 2.05) is 25.1 Å². The van der Waals surface area contributed by atoms with Crippen molar-refractivity contribution in [1.29, 1.82) is 5.26 Å². The average molecular weight is 310 g/mol. The summed E-state index contributed by atoms with van der Waals surface area (Å²) in [6.45, 7) is 4.19. The molecule has 0 bridgehead atoms. The Balaban J connectivity index is 1.83. The number of nitriles is 1. The molecule has 0 unspecified atom stereocenters. The molecule has 118 valence electrons. The molecule has 0 atom stereocenters.